The zero-order valence-corrected chi connectivity index (χ0v) is 11.6. The molecule has 0 unspecified atom stereocenters. The molecular formula is C12H16ClF3N2O. The van der Waals surface area contributed by atoms with E-state index in [-0.39, 0.29) is 22.8 Å². The molecule has 0 aliphatic heterocycles. The van der Waals surface area contributed by atoms with Gasteiger partial charge >= 0.3 is 6.18 Å². The van der Waals surface area contributed by atoms with E-state index < -0.39 is 17.8 Å². The van der Waals surface area contributed by atoms with Crippen LogP contribution in [-0.2, 0) is 6.18 Å². The second kappa shape index (κ2) is 5.54. The Morgan fingerprint density at radius 3 is 2.37 bits per heavy atom. The van der Waals surface area contributed by atoms with Crippen molar-refractivity contribution in [3.63, 3.8) is 0 Å². The zero-order chi connectivity index (χ0) is 14.8. The molecule has 1 atom stereocenters. The zero-order valence-electron chi connectivity index (χ0n) is 10.8. The lowest BCUT2D eigenvalue weighted by molar-refractivity contribution is -0.137. The molecule has 1 aromatic rings. The lowest BCUT2D eigenvalue weighted by Crippen LogP contribution is -2.33. The Labute approximate surface area is 114 Å². The average molecular weight is 297 g/mol. The molecule has 0 saturated carbocycles. The molecule has 0 aliphatic carbocycles. The number of rotatable bonds is 3. The minimum atomic E-state index is -4.47. The van der Waals surface area contributed by atoms with Gasteiger partial charge in [-0.2, -0.15) is 13.2 Å². The Balaban J connectivity index is 2.77. The summed E-state index contributed by atoms with van der Waals surface area (Å²) in [5.41, 5.74) is -1.25. The van der Waals surface area contributed by atoms with E-state index in [4.69, 9.17) is 11.6 Å². The van der Waals surface area contributed by atoms with Crippen LogP contribution < -0.4 is 5.32 Å². The van der Waals surface area contributed by atoms with Gasteiger partial charge in [-0.25, -0.2) is 4.98 Å². The van der Waals surface area contributed by atoms with Crippen LogP contribution in [0, 0.1) is 5.41 Å². The Morgan fingerprint density at radius 2 is 1.95 bits per heavy atom. The fourth-order valence-electron chi connectivity index (χ4n) is 1.22. The number of aliphatic hydroxyl groups is 1. The predicted octanol–water partition coefficient (Wildman–Crippen LogP) is 3.57. The first-order valence-corrected chi connectivity index (χ1v) is 6.04. The highest BCUT2D eigenvalue weighted by molar-refractivity contribution is 6.32. The highest BCUT2D eigenvalue weighted by Crippen LogP contribution is 2.32. The molecule has 1 aromatic heterocycles. The first kappa shape index (κ1) is 16.0. The van der Waals surface area contributed by atoms with Crippen molar-refractivity contribution in [2.75, 3.05) is 11.9 Å². The largest absolute Gasteiger partial charge is 0.417 e. The van der Waals surface area contributed by atoms with Crippen molar-refractivity contribution in [2.24, 2.45) is 5.41 Å². The molecule has 108 valence electrons. The summed E-state index contributed by atoms with van der Waals surface area (Å²) in [6, 6.07) is 0.806. The minimum Gasteiger partial charge on any atom is -0.391 e. The molecule has 1 rings (SSSR count). The number of pyridine rings is 1. The highest BCUT2D eigenvalue weighted by atomic mass is 35.5. The second-order valence-corrected chi connectivity index (χ2v) is 5.72. The minimum absolute atomic E-state index is 0.123. The summed E-state index contributed by atoms with van der Waals surface area (Å²) in [6.07, 6.45) is -4.44. The number of alkyl halides is 3. The van der Waals surface area contributed by atoms with Gasteiger partial charge in [-0.05, 0) is 11.5 Å². The summed E-state index contributed by atoms with van der Waals surface area (Å²) in [6.45, 7) is 5.70. The Kier molecular flexibility index (Phi) is 4.68. The number of anilines is 1. The van der Waals surface area contributed by atoms with Crippen LogP contribution in [0.25, 0.3) is 0 Å². The maximum atomic E-state index is 12.4. The van der Waals surface area contributed by atoms with Gasteiger partial charge in [0.15, 0.2) is 0 Å². The van der Waals surface area contributed by atoms with Crippen LogP contribution in [0.4, 0.5) is 19.0 Å². The molecule has 0 radical (unpaired) electrons. The van der Waals surface area contributed by atoms with Crippen molar-refractivity contribution in [1.82, 2.24) is 4.98 Å². The van der Waals surface area contributed by atoms with E-state index in [0.717, 1.165) is 6.07 Å². The van der Waals surface area contributed by atoms with Crippen LogP contribution in [0.2, 0.25) is 5.02 Å². The molecule has 19 heavy (non-hydrogen) atoms. The molecular weight excluding hydrogens is 281 g/mol. The molecule has 0 amide bonds. The predicted molar refractivity (Wildman–Crippen MR) is 68.2 cm³/mol. The van der Waals surface area contributed by atoms with E-state index in [2.05, 4.69) is 10.3 Å². The van der Waals surface area contributed by atoms with E-state index >= 15 is 0 Å². The van der Waals surface area contributed by atoms with Crippen molar-refractivity contribution in [3.8, 4) is 0 Å². The van der Waals surface area contributed by atoms with Gasteiger partial charge in [0, 0.05) is 12.7 Å². The summed E-state index contributed by atoms with van der Waals surface area (Å²) in [5.74, 6) is 0.123. The number of nitrogens with one attached hydrogen (secondary N) is 1. The third kappa shape index (κ3) is 4.54. The topological polar surface area (TPSA) is 45.1 Å². The fraction of sp³-hybridized carbons (Fsp3) is 0.583. The van der Waals surface area contributed by atoms with Crippen LogP contribution in [0.15, 0.2) is 12.3 Å². The maximum Gasteiger partial charge on any atom is 0.417 e. The smallest absolute Gasteiger partial charge is 0.391 e. The van der Waals surface area contributed by atoms with Gasteiger partial charge in [0.25, 0.3) is 0 Å². The lowest BCUT2D eigenvalue weighted by Gasteiger charge is -2.26. The monoisotopic (exact) mass is 296 g/mol. The normalized spacial score (nSPS) is 14.3. The number of nitrogens with zero attached hydrogens (tertiary/aromatic N) is 1. The van der Waals surface area contributed by atoms with Gasteiger partial charge in [-0.1, -0.05) is 32.4 Å². The Hall–Kier alpha value is -1.01. The Bertz CT molecular complexity index is 444. The lowest BCUT2D eigenvalue weighted by atomic mass is 9.89. The van der Waals surface area contributed by atoms with Crippen molar-refractivity contribution in [1.29, 1.82) is 0 Å². The van der Waals surface area contributed by atoms with Gasteiger partial charge in [-0.15, -0.1) is 0 Å². The summed E-state index contributed by atoms with van der Waals surface area (Å²) in [5, 5.41) is 12.4. The van der Waals surface area contributed by atoms with Crippen LogP contribution in [0.1, 0.15) is 26.3 Å². The summed E-state index contributed by atoms with van der Waals surface area (Å²) in [7, 11) is 0. The van der Waals surface area contributed by atoms with Crippen molar-refractivity contribution in [2.45, 2.75) is 33.1 Å². The number of halogens is 4. The van der Waals surface area contributed by atoms with Crippen LogP contribution in [0.3, 0.4) is 0 Å². The van der Waals surface area contributed by atoms with Gasteiger partial charge in [0.05, 0.1) is 16.7 Å². The standard InChI is InChI=1S/C12H16ClF3N2O/c1-11(2,3)9(19)6-18-10-8(13)4-7(5-17-10)12(14,15)16/h4-5,9,19H,6H2,1-3H3,(H,17,18)/t9-/m1/s1. The Morgan fingerprint density at radius 1 is 1.37 bits per heavy atom. The van der Waals surface area contributed by atoms with Crippen LogP contribution >= 0.6 is 11.6 Å². The third-order valence-electron chi connectivity index (χ3n) is 2.63. The van der Waals surface area contributed by atoms with Gasteiger partial charge in [0.1, 0.15) is 5.82 Å². The molecule has 0 aromatic carbocycles. The molecule has 0 spiro atoms. The van der Waals surface area contributed by atoms with Crippen molar-refractivity contribution >= 4 is 17.4 Å². The van der Waals surface area contributed by atoms with Crippen LogP contribution in [0.5, 0.6) is 0 Å². The summed E-state index contributed by atoms with van der Waals surface area (Å²) in [4.78, 5) is 3.62. The first-order valence-electron chi connectivity index (χ1n) is 5.66. The number of hydrogen-bond acceptors (Lipinski definition) is 3. The van der Waals surface area contributed by atoms with E-state index in [0.29, 0.717) is 6.20 Å². The fourth-order valence-corrected chi connectivity index (χ4v) is 1.46. The highest BCUT2D eigenvalue weighted by Gasteiger charge is 2.31. The second-order valence-electron chi connectivity index (χ2n) is 5.31. The molecule has 1 heterocycles. The molecule has 3 nitrogen and oxygen atoms in total. The summed E-state index contributed by atoms with van der Waals surface area (Å²) >= 11 is 5.73. The van der Waals surface area contributed by atoms with Gasteiger partial charge < -0.3 is 10.4 Å². The SMILES string of the molecule is CC(C)(C)[C@H](O)CNc1ncc(C(F)(F)F)cc1Cl. The van der Waals surface area contributed by atoms with E-state index in [1.165, 1.54) is 0 Å². The van der Waals surface area contributed by atoms with Crippen molar-refractivity contribution in [3.05, 3.63) is 22.8 Å². The molecule has 7 heteroatoms. The maximum absolute atomic E-state index is 12.4. The van der Waals surface area contributed by atoms with Gasteiger partial charge in [0.2, 0.25) is 0 Å². The number of hydrogen-bond donors (Lipinski definition) is 2. The first-order chi connectivity index (χ1) is 8.51. The molecule has 0 fully saturated rings. The van der Waals surface area contributed by atoms with E-state index in [1.54, 1.807) is 0 Å². The average Bonchev–Trinajstić information content (AvgIpc) is 2.24. The summed E-state index contributed by atoms with van der Waals surface area (Å²) < 4.78 is 37.2. The van der Waals surface area contributed by atoms with E-state index in [1.807, 2.05) is 20.8 Å². The number of aliphatic hydroxyl groups excluding tert-OH is 1. The molecule has 0 saturated heterocycles. The molecule has 0 aliphatic rings. The van der Waals surface area contributed by atoms with Crippen LogP contribution in [-0.4, -0.2) is 22.7 Å². The molecule has 0 bridgehead atoms. The molecule has 2 N–H and O–H groups in total. The van der Waals surface area contributed by atoms with Gasteiger partial charge in [-0.3, -0.25) is 0 Å². The number of aromatic nitrogens is 1. The quantitative estimate of drug-likeness (QED) is 0.896. The van der Waals surface area contributed by atoms with Crippen molar-refractivity contribution < 1.29 is 18.3 Å². The van der Waals surface area contributed by atoms with E-state index in [9.17, 15) is 18.3 Å². The third-order valence-corrected chi connectivity index (χ3v) is 2.92.